The number of hydrogen-bond donors (Lipinski definition) is 1. The molecule has 0 fully saturated rings. The smallest absolute Gasteiger partial charge is 0.387 e. The second-order valence-corrected chi connectivity index (χ2v) is 2.64. The summed E-state index contributed by atoms with van der Waals surface area (Å²) in [6.45, 7) is -2.87. The molecule has 1 rings (SSSR count). The first-order valence-corrected chi connectivity index (χ1v) is 4.04. The van der Waals surface area contributed by atoms with Gasteiger partial charge in [-0.25, -0.2) is 0 Å². The van der Waals surface area contributed by atoms with Crippen molar-refractivity contribution in [3.8, 4) is 11.8 Å². The molecule has 0 spiro atoms. The molecule has 0 aliphatic heterocycles. The maximum absolute atomic E-state index is 11.9. The second kappa shape index (κ2) is 4.96. The Bertz CT molecular complexity index is 410. The summed E-state index contributed by atoms with van der Waals surface area (Å²) >= 11 is 0. The van der Waals surface area contributed by atoms with Crippen LogP contribution in [0.3, 0.4) is 0 Å². The lowest BCUT2D eigenvalue weighted by atomic mass is 10.1. The van der Waals surface area contributed by atoms with Gasteiger partial charge in [0.25, 0.3) is 0 Å². The molecular weight excluding hydrogens is 202 g/mol. The first-order valence-electron chi connectivity index (χ1n) is 4.04. The van der Waals surface area contributed by atoms with Crippen molar-refractivity contribution in [2.75, 3.05) is 0 Å². The Morgan fingerprint density at radius 2 is 2.27 bits per heavy atom. The summed E-state index contributed by atoms with van der Waals surface area (Å²) < 4.78 is 27.9. The van der Waals surface area contributed by atoms with Crippen molar-refractivity contribution >= 4 is 5.70 Å². The quantitative estimate of drug-likeness (QED) is 0.777. The molecule has 0 saturated heterocycles. The minimum atomic E-state index is -2.87. The first-order chi connectivity index (χ1) is 7.13. The highest BCUT2D eigenvalue weighted by atomic mass is 19.3. The molecule has 0 unspecified atom stereocenters. The monoisotopic (exact) mass is 210 g/mol. The SMILES string of the molecule is N#C/C=C(/N)c1cccc(OC(F)F)c1. The molecule has 0 aromatic heterocycles. The average molecular weight is 210 g/mol. The highest BCUT2D eigenvalue weighted by molar-refractivity contribution is 5.65. The van der Waals surface area contributed by atoms with Gasteiger partial charge in [-0.1, -0.05) is 12.1 Å². The Balaban J connectivity index is 2.93. The summed E-state index contributed by atoms with van der Waals surface area (Å²) in [5, 5.41) is 8.36. The van der Waals surface area contributed by atoms with Gasteiger partial charge >= 0.3 is 6.61 Å². The van der Waals surface area contributed by atoms with E-state index in [9.17, 15) is 8.78 Å². The van der Waals surface area contributed by atoms with Crippen LogP contribution < -0.4 is 10.5 Å². The van der Waals surface area contributed by atoms with Crippen LogP contribution in [-0.2, 0) is 0 Å². The molecule has 15 heavy (non-hydrogen) atoms. The highest BCUT2D eigenvalue weighted by Crippen LogP contribution is 2.18. The number of nitriles is 1. The molecule has 5 heteroatoms. The van der Waals surface area contributed by atoms with Gasteiger partial charge in [-0.05, 0) is 12.1 Å². The van der Waals surface area contributed by atoms with E-state index in [1.807, 2.05) is 0 Å². The molecule has 1 aromatic rings. The fourth-order valence-electron chi connectivity index (χ4n) is 1.00. The van der Waals surface area contributed by atoms with Crippen LogP contribution >= 0.6 is 0 Å². The highest BCUT2D eigenvalue weighted by Gasteiger charge is 2.05. The van der Waals surface area contributed by atoms with E-state index in [4.69, 9.17) is 11.0 Å². The van der Waals surface area contributed by atoms with E-state index >= 15 is 0 Å². The van der Waals surface area contributed by atoms with Gasteiger partial charge in [0.2, 0.25) is 0 Å². The maximum atomic E-state index is 11.9. The summed E-state index contributed by atoms with van der Waals surface area (Å²) in [7, 11) is 0. The van der Waals surface area contributed by atoms with Crippen LogP contribution in [0, 0.1) is 11.3 Å². The molecule has 78 valence electrons. The average Bonchev–Trinajstić information content (AvgIpc) is 2.17. The second-order valence-electron chi connectivity index (χ2n) is 2.64. The van der Waals surface area contributed by atoms with Crippen molar-refractivity contribution in [2.45, 2.75) is 6.61 Å². The van der Waals surface area contributed by atoms with Gasteiger partial charge in [0.15, 0.2) is 0 Å². The summed E-state index contributed by atoms with van der Waals surface area (Å²) in [6.07, 6.45) is 1.13. The number of hydrogen-bond acceptors (Lipinski definition) is 3. The zero-order valence-electron chi connectivity index (χ0n) is 7.65. The van der Waals surface area contributed by atoms with Crippen molar-refractivity contribution in [3.63, 3.8) is 0 Å². The van der Waals surface area contributed by atoms with E-state index in [1.54, 1.807) is 12.1 Å². The molecule has 0 radical (unpaired) electrons. The van der Waals surface area contributed by atoms with Gasteiger partial charge in [-0.3, -0.25) is 0 Å². The Hall–Kier alpha value is -2.09. The van der Waals surface area contributed by atoms with E-state index in [1.165, 1.54) is 18.2 Å². The van der Waals surface area contributed by atoms with Crippen molar-refractivity contribution < 1.29 is 13.5 Å². The molecule has 0 amide bonds. The summed E-state index contributed by atoms with van der Waals surface area (Å²) in [6, 6.07) is 7.59. The Labute approximate surface area is 85.4 Å². The molecule has 0 atom stereocenters. The number of nitrogens with two attached hydrogens (primary N) is 1. The minimum Gasteiger partial charge on any atom is -0.435 e. The van der Waals surface area contributed by atoms with Gasteiger partial charge in [0.1, 0.15) is 5.75 Å². The number of allylic oxidation sites excluding steroid dienone is 1. The topological polar surface area (TPSA) is 59.0 Å². The molecule has 0 bridgehead atoms. The maximum Gasteiger partial charge on any atom is 0.387 e. The van der Waals surface area contributed by atoms with Gasteiger partial charge in [-0.2, -0.15) is 14.0 Å². The van der Waals surface area contributed by atoms with Gasteiger partial charge < -0.3 is 10.5 Å². The number of halogens is 2. The van der Waals surface area contributed by atoms with Crippen molar-refractivity contribution in [3.05, 3.63) is 35.9 Å². The Morgan fingerprint density at radius 3 is 2.87 bits per heavy atom. The van der Waals surface area contributed by atoms with Crippen LogP contribution in [0.1, 0.15) is 5.56 Å². The first kappa shape index (κ1) is 11.0. The summed E-state index contributed by atoms with van der Waals surface area (Å²) in [4.78, 5) is 0. The lowest BCUT2D eigenvalue weighted by molar-refractivity contribution is -0.0498. The van der Waals surface area contributed by atoms with Gasteiger partial charge in [-0.15, -0.1) is 0 Å². The molecule has 3 nitrogen and oxygen atoms in total. The summed E-state index contributed by atoms with van der Waals surface area (Å²) in [5.74, 6) is 0.0109. The largest absolute Gasteiger partial charge is 0.435 e. The number of rotatable bonds is 3. The molecule has 0 aliphatic carbocycles. The van der Waals surface area contributed by atoms with Crippen LogP contribution in [0.5, 0.6) is 5.75 Å². The van der Waals surface area contributed by atoms with Crippen LogP contribution in [0.15, 0.2) is 30.3 Å². The fourth-order valence-corrected chi connectivity index (χ4v) is 1.00. The zero-order valence-corrected chi connectivity index (χ0v) is 7.65. The number of ether oxygens (including phenoxy) is 1. The standard InChI is InChI=1S/C10H8F2N2O/c11-10(12)15-8-3-1-2-7(6-8)9(14)4-5-13/h1-4,6,10H,14H2/b9-4+. The van der Waals surface area contributed by atoms with Crippen molar-refractivity contribution in [1.29, 1.82) is 5.26 Å². The van der Waals surface area contributed by atoms with Crippen molar-refractivity contribution in [2.24, 2.45) is 5.73 Å². The Kier molecular flexibility index (Phi) is 3.63. The molecule has 0 aliphatic rings. The third kappa shape index (κ3) is 3.27. The van der Waals surface area contributed by atoms with Crippen LogP contribution in [0.4, 0.5) is 8.78 Å². The van der Waals surface area contributed by atoms with E-state index in [0.29, 0.717) is 5.56 Å². The third-order valence-corrected chi connectivity index (χ3v) is 1.61. The lowest BCUT2D eigenvalue weighted by Gasteiger charge is -2.06. The normalized spacial score (nSPS) is 11.2. The van der Waals surface area contributed by atoms with E-state index in [0.717, 1.165) is 6.08 Å². The minimum absolute atomic E-state index is 0.0109. The van der Waals surface area contributed by atoms with Gasteiger partial charge in [0.05, 0.1) is 6.07 Å². The molecule has 0 heterocycles. The van der Waals surface area contributed by atoms with Crippen LogP contribution in [0.25, 0.3) is 5.70 Å². The van der Waals surface area contributed by atoms with Gasteiger partial charge in [0, 0.05) is 17.3 Å². The fraction of sp³-hybridized carbons (Fsp3) is 0.100. The van der Waals surface area contributed by atoms with E-state index < -0.39 is 6.61 Å². The predicted octanol–water partition coefficient (Wildman–Crippen LogP) is 2.11. The van der Waals surface area contributed by atoms with Crippen molar-refractivity contribution in [1.82, 2.24) is 0 Å². The van der Waals surface area contributed by atoms with E-state index in [-0.39, 0.29) is 11.4 Å². The van der Waals surface area contributed by atoms with E-state index in [2.05, 4.69) is 4.74 Å². The lowest BCUT2D eigenvalue weighted by Crippen LogP contribution is -2.03. The molecular formula is C10H8F2N2O. The Morgan fingerprint density at radius 1 is 1.53 bits per heavy atom. The number of nitrogens with zero attached hydrogens (tertiary/aromatic N) is 1. The third-order valence-electron chi connectivity index (χ3n) is 1.61. The molecule has 2 N–H and O–H groups in total. The van der Waals surface area contributed by atoms with Crippen LogP contribution in [-0.4, -0.2) is 6.61 Å². The zero-order chi connectivity index (χ0) is 11.3. The summed E-state index contributed by atoms with van der Waals surface area (Å²) in [5.41, 5.74) is 6.17. The van der Waals surface area contributed by atoms with Crippen LogP contribution in [0.2, 0.25) is 0 Å². The predicted molar refractivity (Wildman–Crippen MR) is 50.9 cm³/mol. The molecule has 0 saturated carbocycles. The number of benzene rings is 1. The number of alkyl halides is 2. The molecule has 1 aromatic carbocycles.